The van der Waals surface area contributed by atoms with E-state index in [0.717, 1.165) is 27.8 Å². The summed E-state index contributed by atoms with van der Waals surface area (Å²) < 4.78 is 28.2. The van der Waals surface area contributed by atoms with Crippen molar-refractivity contribution in [2.45, 2.75) is 37.9 Å². The Hall–Kier alpha value is -3.69. The standard InChI is InChI=1S/C28H32N2O7/c1-33-21-5-6-23-22(15-21)19(16-30-23)8-9-29-28(32)26-13-20(14-27(37-26)34-11-3-2-10-31)18-4-7-24-25(12-18)36-17-35-24/h4-7,12-13,15-16,20,27,30-31H,2-3,8-11,14,17H2,1H3,(H,29,32). The number of allylic oxidation sites excluding steroid dienone is 1. The highest BCUT2D eigenvalue weighted by Crippen LogP contribution is 2.38. The molecule has 9 nitrogen and oxygen atoms in total. The number of aromatic nitrogens is 1. The van der Waals surface area contributed by atoms with E-state index in [2.05, 4.69) is 10.3 Å². The Morgan fingerprint density at radius 2 is 2.05 bits per heavy atom. The van der Waals surface area contributed by atoms with Gasteiger partial charge in [-0.1, -0.05) is 6.07 Å². The van der Waals surface area contributed by atoms with Crippen molar-refractivity contribution in [2.24, 2.45) is 0 Å². The van der Waals surface area contributed by atoms with Crippen molar-refractivity contribution in [2.75, 3.05) is 33.7 Å². The van der Waals surface area contributed by atoms with E-state index in [1.165, 1.54) is 0 Å². The van der Waals surface area contributed by atoms with Crippen molar-refractivity contribution in [1.82, 2.24) is 10.3 Å². The molecule has 2 unspecified atom stereocenters. The Morgan fingerprint density at radius 3 is 2.92 bits per heavy atom. The van der Waals surface area contributed by atoms with E-state index in [1.807, 2.05) is 48.7 Å². The molecular formula is C28H32N2O7. The highest BCUT2D eigenvalue weighted by molar-refractivity contribution is 5.92. The number of amides is 1. The summed E-state index contributed by atoms with van der Waals surface area (Å²) in [7, 11) is 1.64. The predicted molar refractivity (Wildman–Crippen MR) is 137 cm³/mol. The molecule has 1 aromatic heterocycles. The summed E-state index contributed by atoms with van der Waals surface area (Å²) in [5.41, 5.74) is 3.11. The van der Waals surface area contributed by atoms with Crippen LogP contribution in [-0.4, -0.2) is 55.9 Å². The van der Waals surface area contributed by atoms with Gasteiger partial charge >= 0.3 is 0 Å². The SMILES string of the molecule is COc1ccc2[nH]cc(CCNC(=O)C3=CC(c4ccc5c(c4)OCO5)CC(OCCCCO)O3)c2c1. The number of carbonyl (C=O) groups excluding carboxylic acids is 1. The number of fused-ring (bicyclic) bond motifs is 2. The van der Waals surface area contributed by atoms with Gasteiger partial charge in [0, 0.05) is 42.6 Å². The highest BCUT2D eigenvalue weighted by Gasteiger charge is 2.29. The number of methoxy groups -OCH3 is 1. The largest absolute Gasteiger partial charge is 0.497 e. The van der Waals surface area contributed by atoms with Crippen LogP contribution in [0.1, 0.15) is 36.3 Å². The van der Waals surface area contributed by atoms with Crippen molar-refractivity contribution >= 4 is 16.8 Å². The molecule has 0 bridgehead atoms. The molecule has 37 heavy (non-hydrogen) atoms. The van der Waals surface area contributed by atoms with Crippen LogP contribution in [-0.2, 0) is 20.7 Å². The Balaban J connectivity index is 1.26. The average Bonchev–Trinajstić information content (AvgIpc) is 3.57. The fraction of sp³-hybridized carbons (Fsp3) is 0.393. The van der Waals surface area contributed by atoms with Crippen molar-refractivity contribution in [3.63, 3.8) is 0 Å². The maximum atomic E-state index is 13.1. The van der Waals surface area contributed by atoms with Crippen molar-refractivity contribution < 1.29 is 33.6 Å². The maximum absolute atomic E-state index is 13.1. The van der Waals surface area contributed by atoms with Gasteiger partial charge in [-0.05, 0) is 66.8 Å². The van der Waals surface area contributed by atoms with Gasteiger partial charge in [0.15, 0.2) is 17.3 Å². The molecule has 3 N–H and O–H groups in total. The summed E-state index contributed by atoms with van der Waals surface area (Å²) in [5.74, 6) is 2.06. The van der Waals surface area contributed by atoms with Crippen LogP contribution in [0, 0.1) is 0 Å². The number of H-pyrrole nitrogens is 1. The average molecular weight is 509 g/mol. The third-order valence-electron chi connectivity index (χ3n) is 6.62. The van der Waals surface area contributed by atoms with Crippen LogP contribution >= 0.6 is 0 Å². The zero-order valence-electron chi connectivity index (χ0n) is 20.8. The summed E-state index contributed by atoms with van der Waals surface area (Å²) in [6.45, 7) is 1.21. The van der Waals surface area contributed by atoms with Gasteiger partial charge in [-0.25, -0.2) is 0 Å². The van der Waals surface area contributed by atoms with Gasteiger partial charge in [0.05, 0.1) is 13.7 Å². The predicted octanol–water partition coefficient (Wildman–Crippen LogP) is 3.77. The van der Waals surface area contributed by atoms with E-state index in [-0.39, 0.29) is 31.0 Å². The lowest BCUT2D eigenvalue weighted by Gasteiger charge is -2.29. The summed E-state index contributed by atoms with van der Waals surface area (Å²) >= 11 is 0. The van der Waals surface area contributed by atoms with Gasteiger partial charge in [0.1, 0.15) is 5.75 Å². The minimum absolute atomic E-state index is 0.0899. The first-order valence-corrected chi connectivity index (χ1v) is 12.6. The number of aliphatic hydroxyl groups is 1. The van der Waals surface area contributed by atoms with Crippen LogP contribution in [0.4, 0.5) is 0 Å². The van der Waals surface area contributed by atoms with E-state index >= 15 is 0 Å². The number of hydrogen-bond donors (Lipinski definition) is 3. The van der Waals surface area contributed by atoms with E-state index in [9.17, 15) is 4.79 Å². The van der Waals surface area contributed by atoms with Crippen LogP contribution in [0.25, 0.3) is 10.9 Å². The van der Waals surface area contributed by atoms with Gasteiger partial charge in [0.2, 0.25) is 13.1 Å². The number of aromatic amines is 1. The molecule has 0 saturated heterocycles. The first kappa shape index (κ1) is 25.0. The zero-order chi connectivity index (χ0) is 25.6. The number of nitrogens with one attached hydrogen (secondary N) is 2. The molecule has 0 radical (unpaired) electrons. The molecule has 2 aliphatic heterocycles. The lowest BCUT2D eigenvalue weighted by Crippen LogP contribution is -2.34. The van der Waals surface area contributed by atoms with Crippen LogP contribution in [0.2, 0.25) is 0 Å². The third-order valence-corrected chi connectivity index (χ3v) is 6.62. The summed E-state index contributed by atoms with van der Waals surface area (Å²) in [6.07, 6.45) is 5.81. The Kier molecular flexibility index (Phi) is 7.82. The smallest absolute Gasteiger partial charge is 0.286 e. The number of benzene rings is 2. The summed E-state index contributed by atoms with van der Waals surface area (Å²) in [5, 5.41) is 13.1. The van der Waals surface area contributed by atoms with E-state index < -0.39 is 6.29 Å². The Bertz CT molecular complexity index is 1270. The lowest BCUT2D eigenvalue weighted by atomic mass is 9.92. The lowest BCUT2D eigenvalue weighted by molar-refractivity contribution is -0.146. The van der Waals surface area contributed by atoms with Gasteiger partial charge in [-0.3, -0.25) is 4.79 Å². The number of unbranched alkanes of at least 4 members (excludes halogenated alkanes) is 1. The topological polar surface area (TPSA) is 111 Å². The minimum atomic E-state index is -0.569. The maximum Gasteiger partial charge on any atom is 0.286 e. The van der Waals surface area contributed by atoms with Crippen LogP contribution in [0.3, 0.4) is 0 Å². The fourth-order valence-electron chi connectivity index (χ4n) is 4.61. The van der Waals surface area contributed by atoms with Gasteiger partial charge in [-0.15, -0.1) is 0 Å². The quantitative estimate of drug-likeness (QED) is 0.338. The van der Waals surface area contributed by atoms with Gasteiger partial charge in [0.25, 0.3) is 5.91 Å². The molecular weight excluding hydrogens is 476 g/mol. The number of hydrogen-bond acceptors (Lipinski definition) is 7. The molecule has 1 amide bonds. The van der Waals surface area contributed by atoms with E-state index in [4.69, 9.17) is 28.8 Å². The molecule has 3 aromatic rings. The van der Waals surface area contributed by atoms with Crippen molar-refractivity contribution in [1.29, 1.82) is 0 Å². The van der Waals surface area contributed by atoms with Gasteiger partial charge < -0.3 is 39.1 Å². The minimum Gasteiger partial charge on any atom is -0.497 e. The molecule has 0 spiro atoms. The monoisotopic (exact) mass is 508 g/mol. The molecule has 2 aliphatic rings. The molecule has 3 heterocycles. The molecule has 9 heteroatoms. The fourth-order valence-corrected chi connectivity index (χ4v) is 4.61. The second-order valence-corrected chi connectivity index (χ2v) is 9.07. The van der Waals surface area contributed by atoms with E-state index in [0.29, 0.717) is 50.3 Å². The number of ether oxygens (including phenoxy) is 5. The number of carbonyl (C=O) groups is 1. The second-order valence-electron chi connectivity index (χ2n) is 9.07. The third kappa shape index (κ3) is 5.84. The zero-order valence-corrected chi connectivity index (χ0v) is 20.8. The van der Waals surface area contributed by atoms with Crippen LogP contribution < -0.4 is 19.5 Å². The first-order valence-electron chi connectivity index (χ1n) is 12.6. The molecule has 2 aromatic carbocycles. The molecule has 0 fully saturated rings. The molecule has 0 aliphatic carbocycles. The van der Waals surface area contributed by atoms with E-state index in [1.54, 1.807) is 7.11 Å². The molecule has 5 rings (SSSR count). The second kappa shape index (κ2) is 11.6. The van der Waals surface area contributed by atoms with Crippen molar-refractivity contribution in [3.8, 4) is 17.2 Å². The normalized spacial score (nSPS) is 18.4. The highest BCUT2D eigenvalue weighted by atomic mass is 16.7. The van der Waals surface area contributed by atoms with Crippen molar-refractivity contribution in [3.05, 3.63) is 65.6 Å². The number of rotatable bonds is 11. The Morgan fingerprint density at radius 1 is 1.16 bits per heavy atom. The molecule has 0 saturated carbocycles. The van der Waals surface area contributed by atoms with Crippen LogP contribution in [0.5, 0.6) is 17.2 Å². The summed E-state index contributed by atoms with van der Waals surface area (Å²) in [6, 6.07) is 11.7. The first-order chi connectivity index (χ1) is 18.1. The van der Waals surface area contributed by atoms with Gasteiger partial charge in [-0.2, -0.15) is 0 Å². The molecule has 196 valence electrons. The number of aliphatic hydroxyl groups excluding tert-OH is 1. The van der Waals surface area contributed by atoms with Crippen LogP contribution in [0.15, 0.2) is 54.4 Å². The Labute approximate surface area is 215 Å². The summed E-state index contributed by atoms with van der Waals surface area (Å²) in [4.78, 5) is 16.4. The molecule has 2 atom stereocenters.